The second-order valence-corrected chi connectivity index (χ2v) is 10.3. The highest BCUT2D eigenvalue weighted by molar-refractivity contribution is 6.31. The SMILES string of the molecule is CCOc1ncccc1-c1ccc(OC2CCN(c3cccc(Cl)c3C(F)(F)F)CC2)c(C(=O)N[C@@H]2CCNC2)n1. The number of benzene rings is 1. The van der Waals surface area contributed by atoms with Gasteiger partial charge in [0.25, 0.3) is 5.91 Å². The number of anilines is 1. The minimum atomic E-state index is -4.57. The molecule has 0 radical (unpaired) electrons. The lowest BCUT2D eigenvalue weighted by atomic mass is 10.0. The summed E-state index contributed by atoms with van der Waals surface area (Å²) in [5.41, 5.74) is 0.522. The maximum atomic E-state index is 13.7. The van der Waals surface area contributed by atoms with Crippen LogP contribution in [0.2, 0.25) is 5.02 Å². The molecule has 2 aliphatic heterocycles. The first-order valence-electron chi connectivity index (χ1n) is 13.6. The molecule has 1 amide bonds. The van der Waals surface area contributed by atoms with Gasteiger partial charge in [-0.2, -0.15) is 13.2 Å². The van der Waals surface area contributed by atoms with Gasteiger partial charge in [0.05, 0.1) is 34.1 Å². The molecule has 1 atom stereocenters. The number of aromatic nitrogens is 2. The number of carbonyl (C=O) groups excluding carboxylic acids is 1. The molecule has 0 bridgehead atoms. The first-order valence-corrected chi connectivity index (χ1v) is 14.0. The Hall–Kier alpha value is -3.57. The molecule has 0 saturated carbocycles. The van der Waals surface area contributed by atoms with Crippen molar-refractivity contribution in [3.05, 3.63) is 64.9 Å². The normalized spacial score (nSPS) is 17.9. The molecule has 0 spiro atoms. The van der Waals surface area contributed by atoms with Crippen LogP contribution >= 0.6 is 11.6 Å². The fraction of sp³-hybridized carbons (Fsp3) is 0.414. The molecular formula is C29H31ClF3N5O3. The van der Waals surface area contributed by atoms with Gasteiger partial charge < -0.3 is 25.0 Å². The van der Waals surface area contributed by atoms with E-state index in [0.29, 0.717) is 62.0 Å². The number of amides is 1. The zero-order chi connectivity index (χ0) is 29.0. The van der Waals surface area contributed by atoms with Crippen LogP contribution in [-0.4, -0.2) is 60.8 Å². The number of halogens is 4. The third kappa shape index (κ3) is 6.68. The van der Waals surface area contributed by atoms with Crippen molar-refractivity contribution in [3.63, 3.8) is 0 Å². The standard InChI is InChI=1S/C29H31ClF3N5O3/c1-2-40-28-20(5-4-13-35-28)22-8-9-24(26(37-22)27(39)36-18-10-14-34-17-18)41-19-11-15-38(16-12-19)23-7-3-6-21(30)25(23)29(31,32)33/h3-9,13,18-19,34H,2,10-12,14-17H2,1H3,(H,36,39)/t18-/m1/s1. The number of rotatable bonds is 8. The average molecular weight is 590 g/mol. The number of carbonyl (C=O) groups is 1. The minimum absolute atomic E-state index is 0.0260. The zero-order valence-electron chi connectivity index (χ0n) is 22.5. The van der Waals surface area contributed by atoms with Crippen molar-refractivity contribution in [2.75, 3.05) is 37.7 Å². The van der Waals surface area contributed by atoms with E-state index in [4.69, 9.17) is 21.1 Å². The number of hydrogen-bond acceptors (Lipinski definition) is 7. The Bertz CT molecular complexity index is 1380. The number of alkyl halides is 3. The Morgan fingerprint density at radius 2 is 1.95 bits per heavy atom. The third-order valence-corrected chi connectivity index (χ3v) is 7.46. The van der Waals surface area contributed by atoms with Crippen LogP contribution in [-0.2, 0) is 6.18 Å². The molecule has 0 aliphatic carbocycles. The fourth-order valence-corrected chi connectivity index (χ4v) is 5.45. The van der Waals surface area contributed by atoms with Crippen molar-refractivity contribution in [3.8, 4) is 22.9 Å². The van der Waals surface area contributed by atoms with Crippen molar-refractivity contribution in [2.24, 2.45) is 0 Å². The number of nitrogens with zero attached hydrogens (tertiary/aromatic N) is 3. The molecule has 2 saturated heterocycles. The highest BCUT2D eigenvalue weighted by atomic mass is 35.5. The van der Waals surface area contributed by atoms with E-state index in [2.05, 4.69) is 20.6 Å². The summed E-state index contributed by atoms with van der Waals surface area (Å²) in [6, 6.07) is 11.2. The van der Waals surface area contributed by atoms with Crippen molar-refractivity contribution < 1.29 is 27.4 Å². The van der Waals surface area contributed by atoms with Gasteiger partial charge in [-0.3, -0.25) is 4.79 Å². The lowest BCUT2D eigenvalue weighted by Crippen LogP contribution is -2.40. The van der Waals surface area contributed by atoms with Gasteiger partial charge in [0.15, 0.2) is 11.4 Å². The van der Waals surface area contributed by atoms with Crippen LogP contribution in [0.1, 0.15) is 42.2 Å². The maximum Gasteiger partial charge on any atom is 0.419 e. The number of hydrogen-bond donors (Lipinski definition) is 2. The van der Waals surface area contributed by atoms with Gasteiger partial charge in [-0.15, -0.1) is 0 Å². The topological polar surface area (TPSA) is 88.6 Å². The summed E-state index contributed by atoms with van der Waals surface area (Å²) in [6.07, 6.45) is -1.54. The lowest BCUT2D eigenvalue weighted by Gasteiger charge is -2.35. The van der Waals surface area contributed by atoms with E-state index in [1.807, 2.05) is 13.0 Å². The van der Waals surface area contributed by atoms with Gasteiger partial charge >= 0.3 is 6.18 Å². The first kappa shape index (κ1) is 28.9. The van der Waals surface area contributed by atoms with E-state index in [9.17, 15) is 18.0 Å². The van der Waals surface area contributed by atoms with Gasteiger partial charge in [-0.1, -0.05) is 17.7 Å². The van der Waals surface area contributed by atoms with Crippen LogP contribution in [0.25, 0.3) is 11.3 Å². The Kier molecular flexibility index (Phi) is 8.84. The molecular weight excluding hydrogens is 559 g/mol. The van der Waals surface area contributed by atoms with Crippen molar-refractivity contribution >= 4 is 23.2 Å². The maximum absolute atomic E-state index is 13.7. The Balaban J connectivity index is 1.37. The monoisotopic (exact) mass is 589 g/mol. The van der Waals surface area contributed by atoms with Crippen LogP contribution in [0.3, 0.4) is 0 Å². The van der Waals surface area contributed by atoms with Crippen molar-refractivity contribution in [1.82, 2.24) is 20.6 Å². The molecule has 2 aliphatic rings. The summed E-state index contributed by atoms with van der Waals surface area (Å²) >= 11 is 5.93. The summed E-state index contributed by atoms with van der Waals surface area (Å²) in [4.78, 5) is 24.0. The molecule has 8 nitrogen and oxygen atoms in total. The zero-order valence-corrected chi connectivity index (χ0v) is 23.3. The molecule has 2 N–H and O–H groups in total. The van der Waals surface area contributed by atoms with Crippen LogP contribution in [0.5, 0.6) is 11.6 Å². The molecule has 2 aromatic heterocycles. The number of piperidine rings is 1. The molecule has 5 rings (SSSR count). The van der Waals surface area contributed by atoms with Crippen LogP contribution in [0.4, 0.5) is 18.9 Å². The Morgan fingerprint density at radius 3 is 2.66 bits per heavy atom. The second kappa shape index (κ2) is 12.5. The fourth-order valence-electron chi connectivity index (χ4n) is 5.17. The van der Waals surface area contributed by atoms with Crippen LogP contribution in [0.15, 0.2) is 48.7 Å². The van der Waals surface area contributed by atoms with E-state index in [1.165, 1.54) is 18.2 Å². The summed E-state index contributed by atoms with van der Waals surface area (Å²) < 4.78 is 53.1. The lowest BCUT2D eigenvalue weighted by molar-refractivity contribution is -0.137. The molecule has 41 heavy (non-hydrogen) atoms. The van der Waals surface area contributed by atoms with E-state index < -0.39 is 11.7 Å². The van der Waals surface area contributed by atoms with E-state index in [1.54, 1.807) is 29.3 Å². The number of nitrogens with one attached hydrogen (secondary N) is 2. The number of pyridine rings is 2. The van der Waals surface area contributed by atoms with Gasteiger partial charge in [-0.05, 0) is 56.3 Å². The summed E-state index contributed by atoms with van der Waals surface area (Å²) in [5, 5.41) is 5.93. The summed E-state index contributed by atoms with van der Waals surface area (Å²) in [7, 11) is 0. The average Bonchev–Trinajstić information content (AvgIpc) is 3.46. The van der Waals surface area contributed by atoms with Crippen LogP contribution < -0.4 is 25.0 Å². The molecule has 218 valence electrons. The van der Waals surface area contributed by atoms with Gasteiger partial charge in [0, 0.05) is 44.7 Å². The summed E-state index contributed by atoms with van der Waals surface area (Å²) in [6.45, 7) is 4.44. The van der Waals surface area contributed by atoms with Crippen LogP contribution in [0, 0.1) is 0 Å². The molecule has 4 heterocycles. The quantitative estimate of drug-likeness (QED) is 0.366. The van der Waals surface area contributed by atoms with E-state index >= 15 is 0 Å². The molecule has 0 unspecified atom stereocenters. The first-order chi connectivity index (χ1) is 19.7. The second-order valence-electron chi connectivity index (χ2n) is 9.93. The molecule has 3 aromatic rings. The van der Waals surface area contributed by atoms with Crippen molar-refractivity contribution in [1.29, 1.82) is 0 Å². The van der Waals surface area contributed by atoms with E-state index in [0.717, 1.165) is 13.0 Å². The highest BCUT2D eigenvalue weighted by Gasteiger charge is 2.38. The third-order valence-electron chi connectivity index (χ3n) is 7.15. The smallest absolute Gasteiger partial charge is 0.419 e. The number of ether oxygens (including phenoxy) is 2. The predicted octanol–water partition coefficient (Wildman–Crippen LogP) is 5.35. The summed E-state index contributed by atoms with van der Waals surface area (Å²) in [5.74, 6) is 0.369. The largest absolute Gasteiger partial charge is 0.488 e. The Morgan fingerprint density at radius 1 is 1.15 bits per heavy atom. The molecule has 12 heteroatoms. The minimum Gasteiger partial charge on any atom is -0.488 e. The molecule has 1 aromatic carbocycles. The van der Waals surface area contributed by atoms with Gasteiger partial charge in [0.2, 0.25) is 5.88 Å². The predicted molar refractivity (Wildman–Crippen MR) is 150 cm³/mol. The van der Waals surface area contributed by atoms with Gasteiger partial charge in [0.1, 0.15) is 6.10 Å². The highest BCUT2D eigenvalue weighted by Crippen LogP contribution is 2.42. The van der Waals surface area contributed by atoms with Gasteiger partial charge in [-0.25, -0.2) is 9.97 Å². The Labute approximate surface area is 241 Å². The van der Waals surface area contributed by atoms with Crippen molar-refractivity contribution in [2.45, 2.75) is 44.5 Å². The van der Waals surface area contributed by atoms with E-state index in [-0.39, 0.29) is 34.5 Å². The molecule has 2 fully saturated rings.